The smallest absolute Gasteiger partial charge is 0.191 e. The lowest BCUT2D eigenvalue weighted by Crippen LogP contribution is -2.42. The van der Waals surface area contributed by atoms with Crippen LogP contribution in [0.2, 0.25) is 0 Å². The molecule has 0 aromatic heterocycles. The SMILES string of the molecule is CC1CCN(C(N)=NCC2(Cc3ccccc3)CC2)CC1. The van der Waals surface area contributed by atoms with Crippen molar-refractivity contribution in [2.45, 2.75) is 39.0 Å². The third-order valence-corrected chi connectivity index (χ3v) is 5.06. The van der Waals surface area contributed by atoms with Crippen molar-refractivity contribution in [2.24, 2.45) is 22.1 Å². The third-order valence-electron chi connectivity index (χ3n) is 5.06. The number of hydrogen-bond donors (Lipinski definition) is 1. The molecule has 21 heavy (non-hydrogen) atoms. The van der Waals surface area contributed by atoms with Gasteiger partial charge in [0, 0.05) is 19.6 Å². The largest absolute Gasteiger partial charge is 0.370 e. The van der Waals surface area contributed by atoms with Gasteiger partial charge in [-0.3, -0.25) is 4.99 Å². The van der Waals surface area contributed by atoms with Crippen LogP contribution in [0.25, 0.3) is 0 Å². The Morgan fingerprint density at radius 2 is 1.90 bits per heavy atom. The molecule has 0 bridgehead atoms. The summed E-state index contributed by atoms with van der Waals surface area (Å²) in [6, 6.07) is 10.8. The van der Waals surface area contributed by atoms with Gasteiger partial charge in [-0.15, -0.1) is 0 Å². The molecule has 3 heteroatoms. The summed E-state index contributed by atoms with van der Waals surface area (Å²) in [5, 5.41) is 0. The summed E-state index contributed by atoms with van der Waals surface area (Å²) in [5.41, 5.74) is 8.01. The summed E-state index contributed by atoms with van der Waals surface area (Å²) in [4.78, 5) is 6.99. The van der Waals surface area contributed by atoms with Crippen LogP contribution in [0.1, 0.15) is 38.2 Å². The van der Waals surface area contributed by atoms with E-state index in [0.29, 0.717) is 5.41 Å². The van der Waals surface area contributed by atoms with E-state index in [1.165, 1.54) is 31.2 Å². The molecule has 2 aliphatic rings. The maximum atomic E-state index is 6.20. The van der Waals surface area contributed by atoms with Crippen LogP contribution >= 0.6 is 0 Å². The second-order valence-electron chi connectivity index (χ2n) is 7.01. The van der Waals surface area contributed by atoms with Crippen LogP contribution in [0.15, 0.2) is 35.3 Å². The third kappa shape index (κ3) is 3.78. The van der Waals surface area contributed by atoms with Crippen LogP contribution in [0.3, 0.4) is 0 Å². The Labute approximate surface area is 128 Å². The molecule has 114 valence electrons. The summed E-state index contributed by atoms with van der Waals surface area (Å²) in [5.74, 6) is 1.60. The average Bonchev–Trinajstić information content (AvgIpc) is 3.27. The molecule has 1 heterocycles. The highest BCUT2D eigenvalue weighted by atomic mass is 15.3. The van der Waals surface area contributed by atoms with Gasteiger partial charge in [-0.1, -0.05) is 37.3 Å². The molecular formula is C18H27N3. The summed E-state index contributed by atoms with van der Waals surface area (Å²) < 4.78 is 0. The van der Waals surface area contributed by atoms with Crippen molar-refractivity contribution in [3.63, 3.8) is 0 Å². The van der Waals surface area contributed by atoms with Gasteiger partial charge in [0.2, 0.25) is 0 Å². The molecule has 3 nitrogen and oxygen atoms in total. The number of guanidine groups is 1. The average molecular weight is 285 g/mol. The van der Waals surface area contributed by atoms with Gasteiger partial charge >= 0.3 is 0 Å². The van der Waals surface area contributed by atoms with Gasteiger partial charge in [-0.05, 0) is 49.0 Å². The molecule has 1 saturated carbocycles. The van der Waals surface area contributed by atoms with Gasteiger partial charge in [0.15, 0.2) is 5.96 Å². The van der Waals surface area contributed by atoms with Crippen LogP contribution in [-0.2, 0) is 6.42 Å². The Morgan fingerprint density at radius 1 is 1.24 bits per heavy atom. The molecule has 0 spiro atoms. The molecule has 3 rings (SSSR count). The molecule has 0 radical (unpaired) electrons. The van der Waals surface area contributed by atoms with E-state index in [4.69, 9.17) is 10.7 Å². The van der Waals surface area contributed by atoms with Gasteiger partial charge in [0.1, 0.15) is 0 Å². The standard InChI is InChI=1S/C18H27N3/c1-15-7-11-21(12-8-15)17(19)20-14-18(9-10-18)13-16-5-3-2-4-6-16/h2-6,15H,7-14H2,1H3,(H2,19,20). The number of nitrogens with zero attached hydrogens (tertiary/aromatic N) is 2. The Kier molecular flexibility index (Phi) is 4.18. The topological polar surface area (TPSA) is 41.6 Å². The van der Waals surface area contributed by atoms with E-state index in [9.17, 15) is 0 Å². The Hall–Kier alpha value is -1.51. The fraction of sp³-hybridized carbons (Fsp3) is 0.611. The zero-order valence-corrected chi connectivity index (χ0v) is 13.1. The molecule has 1 aliphatic heterocycles. The zero-order valence-electron chi connectivity index (χ0n) is 13.1. The number of piperidine rings is 1. The molecule has 1 aliphatic carbocycles. The number of hydrogen-bond acceptors (Lipinski definition) is 1. The first-order chi connectivity index (χ1) is 10.2. The van der Waals surface area contributed by atoms with Crippen molar-refractivity contribution in [3.8, 4) is 0 Å². The van der Waals surface area contributed by atoms with E-state index >= 15 is 0 Å². The van der Waals surface area contributed by atoms with Crippen LogP contribution < -0.4 is 5.73 Å². The number of aliphatic imine (C=N–C) groups is 1. The molecule has 0 amide bonds. The van der Waals surface area contributed by atoms with Crippen molar-refractivity contribution in [1.82, 2.24) is 4.90 Å². The van der Waals surface area contributed by atoms with Gasteiger partial charge in [0.05, 0.1) is 0 Å². The van der Waals surface area contributed by atoms with Crippen LogP contribution in [0.5, 0.6) is 0 Å². The quantitative estimate of drug-likeness (QED) is 0.682. The highest BCUT2D eigenvalue weighted by molar-refractivity contribution is 5.78. The van der Waals surface area contributed by atoms with Gasteiger partial charge < -0.3 is 10.6 Å². The van der Waals surface area contributed by atoms with Crippen LogP contribution in [0.4, 0.5) is 0 Å². The molecule has 1 saturated heterocycles. The fourth-order valence-corrected chi connectivity index (χ4v) is 3.18. The number of benzene rings is 1. The summed E-state index contributed by atoms with van der Waals surface area (Å²) in [7, 11) is 0. The molecule has 0 atom stereocenters. The summed E-state index contributed by atoms with van der Waals surface area (Å²) in [6.45, 7) is 5.36. The van der Waals surface area contributed by atoms with E-state index in [1.807, 2.05) is 0 Å². The Bertz CT molecular complexity index is 482. The second-order valence-corrected chi connectivity index (χ2v) is 7.01. The van der Waals surface area contributed by atoms with Crippen LogP contribution in [-0.4, -0.2) is 30.5 Å². The van der Waals surface area contributed by atoms with Gasteiger partial charge in [-0.25, -0.2) is 0 Å². The van der Waals surface area contributed by atoms with Crippen molar-refractivity contribution in [2.75, 3.05) is 19.6 Å². The van der Waals surface area contributed by atoms with Crippen molar-refractivity contribution >= 4 is 5.96 Å². The second kappa shape index (κ2) is 6.08. The fourth-order valence-electron chi connectivity index (χ4n) is 3.18. The van der Waals surface area contributed by atoms with Crippen molar-refractivity contribution in [3.05, 3.63) is 35.9 Å². The highest BCUT2D eigenvalue weighted by Gasteiger charge is 2.42. The molecule has 1 aromatic carbocycles. The predicted octanol–water partition coefficient (Wildman–Crippen LogP) is 3.06. The predicted molar refractivity (Wildman–Crippen MR) is 88.3 cm³/mol. The van der Waals surface area contributed by atoms with E-state index in [1.54, 1.807) is 0 Å². The first kappa shape index (κ1) is 14.4. The molecule has 2 fully saturated rings. The minimum atomic E-state index is 0.384. The maximum absolute atomic E-state index is 6.20. The lowest BCUT2D eigenvalue weighted by molar-refractivity contribution is 0.277. The van der Waals surface area contributed by atoms with Crippen molar-refractivity contribution < 1.29 is 0 Å². The minimum absolute atomic E-state index is 0.384. The molecular weight excluding hydrogens is 258 g/mol. The minimum Gasteiger partial charge on any atom is -0.370 e. The zero-order chi connectivity index (χ0) is 14.7. The maximum Gasteiger partial charge on any atom is 0.191 e. The Morgan fingerprint density at radius 3 is 2.52 bits per heavy atom. The lowest BCUT2D eigenvalue weighted by atomic mass is 9.97. The Balaban J connectivity index is 1.55. The highest BCUT2D eigenvalue weighted by Crippen LogP contribution is 2.48. The number of rotatable bonds is 4. The normalized spacial score (nSPS) is 22.3. The molecule has 2 N–H and O–H groups in total. The summed E-state index contributed by atoms with van der Waals surface area (Å²) in [6.07, 6.45) is 6.20. The number of nitrogens with two attached hydrogens (primary N) is 1. The first-order valence-electron chi connectivity index (χ1n) is 8.26. The van der Waals surface area contributed by atoms with Crippen LogP contribution in [0, 0.1) is 11.3 Å². The van der Waals surface area contributed by atoms with E-state index < -0.39 is 0 Å². The molecule has 0 unspecified atom stereocenters. The summed E-state index contributed by atoms with van der Waals surface area (Å²) >= 11 is 0. The molecule has 1 aromatic rings. The van der Waals surface area contributed by atoms with Gasteiger partial charge in [-0.2, -0.15) is 0 Å². The lowest BCUT2D eigenvalue weighted by Gasteiger charge is -2.31. The van der Waals surface area contributed by atoms with E-state index in [0.717, 1.165) is 37.9 Å². The van der Waals surface area contributed by atoms with E-state index in [2.05, 4.69) is 42.2 Å². The monoisotopic (exact) mass is 285 g/mol. The number of likely N-dealkylation sites (tertiary alicyclic amines) is 1. The van der Waals surface area contributed by atoms with Gasteiger partial charge in [0.25, 0.3) is 0 Å². The van der Waals surface area contributed by atoms with E-state index in [-0.39, 0.29) is 0 Å². The van der Waals surface area contributed by atoms with Crippen molar-refractivity contribution in [1.29, 1.82) is 0 Å². The first-order valence-corrected chi connectivity index (χ1v) is 8.26.